The molecule has 0 aliphatic heterocycles. The van der Waals surface area contributed by atoms with Gasteiger partial charge in [0.05, 0.1) is 18.2 Å². The van der Waals surface area contributed by atoms with Gasteiger partial charge in [0.25, 0.3) is 5.91 Å². The van der Waals surface area contributed by atoms with Crippen molar-refractivity contribution in [2.24, 2.45) is 0 Å². The van der Waals surface area contributed by atoms with Crippen LogP contribution in [0.15, 0.2) is 41.8 Å². The van der Waals surface area contributed by atoms with E-state index in [4.69, 9.17) is 0 Å². The zero-order chi connectivity index (χ0) is 18.8. The van der Waals surface area contributed by atoms with Crippen LogP contribution in [0.5, 0.6) is 0 Å². The lowest BCUT2D eigenvalue weighted by Crippen LogP contribution is -2.27. The van der Waals surface area contributed by atoms with Gasteiger partial charge in [-0.15, -0.1) is 22.7 Å². The van der Waals surface area contributed by atoms with Gasteiger partial charge in [0.15, 0.2) is 5.13 Å². The summed E-state index contributed by atoms with van der Waals surface area (Å²) in [6, 6.07) is 9.27. The summed E-state index contributed by atoms with van der Waals surface area (Å²) in [5, 5.41) is 8.14. The number of benzene rings is 1. The molecule has 2 aromatic heterocycles. The number of aryl methyl sites for hydroxylation is 1. The fourth-order valence-corrected chi connectivity index (χ4v) is 4.69. The molecule has 0 saturated carbocycles. The number of hydrogen-bond donors (Lipinski definition) is 2. The number of thiophene rings is 1. The summed E-state index contributed by atoms with van der Waals surface area (Å²) in [6.45, 7) is 0.515. The van der Waals surface area contributed by atoms with Crippen LogP contribution < -0.4 is 10.6 Å². The minimum Gasteiger partial charge on any atom is -0.351 e. The van der Waals surface area contributed by atoms with Crippen molar-refractivity contribution in [3.63, 3.8) is 0 Å². The quantitative estimate of drug-likeness (QED) is 0.680. The highest BCUT2D eigenvalue weighted by atomic mass is 32.1. The molecule has 0 unspecified atom stereocenters. The van der Waals surface area contributed by atoms with E-state index in [9.17, 15) is 14.0 Å². The number of carbonyl (C=O) groups is 2. The maximum absolute atomic E-state index is 13.0. The first-order chi connectivity index (χ1) is 13.1. The number of fused-ring (bicyclic) bond motifs is 1. The van der Waals surface area contributed by atoms with Crippen molar-refractivity contribution in [2.45, 2.75) is 25.3 Å². The Hall–Kier alpha value is -2.58. The third kappa shape index (κ3) is 3.91. The minimum atomic E-state index is -0.392. The molecule has 2 heterocycles. The molecule has 2 N–H and O–H groups in total. The number of aromatic nitrogens is 1. The molecule has 27 heavy (non-hydrogen) atoms. The van der Waals surface area contributed by atoms with Crippen LogP contribution in [0.4, 0.5) is 9.52 Å². The van der Waals surface area contributed by atoms with Crippen molar-refractivity contribution in [1.82, 2.24) is 10.3 Å². The highest BCUT2D eigenvalue weighted by Gasteiger charge is 2.32. The van der Waals surface area contributed by atoms with Crippen molar-refractivity contribution in [3.8, 4) is 0 Å². The van der Waals surface area contributed by atoms with E-state index in [-0.39, 0.29) is 17.7 Å². The summed E-state index contributed by atoms with van der Waals surface area (Å²) < 4.78 is 13.0. The van der Waals surface area contributed by atoms with Crippen molar-refractivity contribution < 1.29 is 14.0 Å². The number of carbonyl (C=O) groups excluding carboxylic acids is 2. The second kappa shape index (κ2) is 7.58. The van der Waals surface area contributed by atoms with Gasteiger partial charge >= 0.3 is 0 Å². The van der Waals surface area contributed by atoms with Crippen molar-refractivity contribution in [2.75, 3.05) is 5.32 Å². The second-order valence-corrected chi connectivity index (χ2v) is 8.29. The molecule has 3 aromatic rings. The average molecular weight is 401 g/mol. The van der Waals surface area contributed by atoms with E-state index in [2.05, 4.69) is 15.6 Å². The Labute approximate surface area is 163 Å². The van der Waals surface area contributed by atoms with Gasteiger partial charge in [0, 0.05) is 15.3 Å². The Morgan fingerprint density at radius 2 is 2.04 bits per heavy atom. The van der Waals surface area contributed by atoms with E-state index in [0.29, 0.717) is 17.2 Å². The lowest BCUT2D eigenvalue weighted by Gasteiger charge is -2.10. The van der Waals surface area contributed by atoms with Crippen LogP contribution in [0.1, 0.15) is 38.1 Å². The van der Waals surface area contributed by atoms with Gasteiger partial charge in [-0.05, 0) is 48.6 Å². The molecule has 1 atom stereocenters. The van der Waals surface area contributed by atoms with E-state index < -0.39 is 5.82 Å². The van der Waals surface area contributed by atoms with Gasteiger partial charge in [-0.1, -0.05) is 6.07 Å². The third-order valence-corrected chi connectivity index (χ3v) is 6.30. The molecule has 138 valence electrons. The van der Waals surface area contributed by atoms with E-state index in [0.717, 1.165) is 28.3 Å². The Morgan fingerprint density at radius 1 is 1.22 bits per heavy atom. The predicted octanol–water partition coefficient (Wildman–Crippen LogP) is 3.94. The number of halogens is 1. The molecule has 0 saturated heterocycles. The Bertz CT molecular complexity index is 968. The van der Waals surface area contributed by atoms with Crippen LogP contribution in [0.25, 0.3) is 0 Å². The zero-order valence-electron chi connectivity index (χ0n) is 14.2. The van der Waals surface area contributed by atoms with Gasteiger partial charge in [-0.3, -0.25) is 14.9 Å². The number of rotatable bonds is 5. The predicted molar refractivity (Wildman–Crippen MR) is 104 cm³/mol. The summed E-state index contributed by atoms with van der Waals surface area (Å²) in [4.78, 5) is 31.4. The second-order valence-electron chi connectivity index (χ2n) is 6.18. The first-order valence-corrected chi connectivity index (χ1v) is 10.2. The SMILES string of the molecule is O=C(Nc1nc2c(s1)CC[C@@H]2C(=O)NCc1cccs1)c1ccc(F)cc1. The summed E-state index contributed by atoms with van der Waals surface area (Å²) in [5.41, 5.74) is 1.11. The minimum absolute atomic E-state index is 0.0381. The number of hydrogen-bond acceptors (Lipinski definition) is 5. The molecule has 0 fully saturated rings. The highest BCUT2D eigenvalue weighted by molar-refractivity contribution is 7.16. The van der Waals surface area contributed by atoms with Crippen molar-refractivity contribution in [3.05, 3.63) is 68.6 Å². The van der Waals surface area contributed by atoms with E-state index in [1.54, 1.807) is 11.3 Å². The third-order valence-electron chi connectivity index (χ3n) is 4.38. The van der Waals surface area contributed by atoms with Crippen LogP contribution in [-0.4, -0.2) is 16.8 Å². The number of nitrogens with zero attached hydrogens (tertiary/aromatic N) is 1. The Balaban J connectivity index is 1.42. The maximum atomic E-state index is 13.0. The van der Waals surface area contributed by atoms with Gasteiger partial charge < -0.3 is 5.32 Å². The summed E-state index contributed by atoms with van der Waals surface area (Å²) in [5.74, 6) is -1.06. The molecule has 0 radical (unpaired) electrons. The van der Waals surface area contributed by atoms with Gasteiger partial charge in [-0.2, -0.15) is 0 Å². The van der Waals surface area contributed by atoms with Gasteiger partial charge in [0.1, 0.15) is 5.82 Å². The number of nitrogens with one attached hydrogen (secondary N) is 2. The fraction of sp³-hybridized carbons (Fsp3) is 0.211. The topological polar surface area (TPSA) is 71.1 Å². The average Bonchev–Trinajstić information content (AvgIpc) is 3.37. The van der Waals surface area contributed by atoms with Gasteiger partial charge in [-0.25, -0.2) is 9.37 Å². The number of anilines is 1. The first kappa shape index (κ1) is 17.8. The van der Waals surface area contributed by atoms with E-state index >= 15 is 0 Å². The lowest BCUT2D eigenvalue weighted by molar-refractivity contribution is -0.122. The molecule has 8 heteroatoms. The lowest BCUT2D eigenvalue weighted by atomic mass is 10.1. The van der Waals surface area contributed by atoms with E-state index in [1.165, 1.54) is 35.6 Å². The first-order valence-electron chi connectivity index (χ1n) is 8.47. The molecule has 0 spiro atoms. The fourth-order valence-electron chi connectivity index (χ4n) is 3.02. The normalized spacial score (nSPS) is 15.4. The standard InChI is InChI=1S/C19H16FN3O2S2/c20-12-5-3-11(4-6-12)17(24)23-19-22-16-14(7-8-15(16)27-19)18(25)21-10-13-2-1-9-26-13/h1-6,9,14H,7-8,10H2,(H,21,25)(H,22,23,24)/t14-/m0/s1. The monoisotopic (exact) mass is 401 g/mol. The highest BCUT2D eigenvalue weighted by Crippen LogP contribution is 2.38. The maximum Gasteiger partial charge on any atom is 0.257 e. The van der Waals surface area contributed by atoms with Crippen LogP contribution in [0.2, 0.25) is 0 Å². The molecular formula is C19H16FN3O2S2. The molecular weight excluding hydrogens is 385 g/mol. The van der Waals surface area contributed by atoms with E-state index in [1.807, 2.05) is 17.5 Å². The summed E-state index contributed by atoms with van der Waals surface area (Å²) in [7, 11) is 0. The van der Waals surface area contributed by atoms with Crippen molar-refractivity contribution in [1.29, 1.82) is 0 Å². The van der Waals surface area contributed by atoms with Crippen LogP contribution in [0, 0.1) is 5.82 Å². The summed E-state index contributed by atoms with van der Waals surface area (Å²) >= 11 is 2.99. The number of thiazole rings is 1. The summed E-state index contributed by atoms with van der Waals surface area (Å²) in [6.07, 6.45) is 1.51. The Kier molecular flexibility index (Phi) is 5.00. The van der Waals surface area contributed by atoms with Crippen LogP contribution in [-0.2, 0) is 17.8 Å². The number of amides is 2. The largest absolute Gasteiger partial charge is 0.351 e. The smallest absolute Gasteiger partial charge is 0.257 e. The molecule has 2 amide bonds. The molecule has 1 aliphatic rings. The molecule has 1 aromatic carbocycles. The Morgan fingerprint density at radius 3 is 2.78 bits per heavy atom. The van der Waals surface area contributed by atoms with Crippen molar-refractivity contribution >= 4 is 39.6 Å². The zero-order valence-corrected chi connectivity index (χ0v) is 15.8. The van der Waals surface area contributed by atoms with Crippen LogP contribution in [0.3, 0.4) is 0 Å². The molecule has 0 bridgehead atoms. The molecule has 5 nitrogen and oxygen atoms in total. The van der Waals surface area contributed by atoms with Gasteiger partial charge in [0.2, 0.25) is 5.91 Å². The molecule has 4 rings (SSSR count). The van der Waals surface area contributed by atoms with Crippen LogP contribution >= 0.6 is 22.7 Å². The molecule has 1 aliphatic carbocycles.